The van der Waals surface area contributed by atoms with Gasteiger partial charge in [0.1, 0.15) is 0 Å². The molecule has 0 unspecified atom stereocenters. The average Bonchev–Trinajstić information content (AvgIpc) is 2.92. The van der Waals surface area contributed by atoms with Gasteiger partial charge < -0.3 is 9.41 Å². The van der Waals surface area contributed by atoms with Gasteiger partial charge >= 0.3 is 26.2 Å². The molecule has 18 heavy (non-hydrogen) atoms. The van der Waals surface area contributed by atoms with Crippen LogP contribution < -0.4 is 9.41 Å². The minimum Gasteiger partial charge on any atom is -1.00 e. The van der Waals surface area contributed by atoms with Gasteiger partial charge in [-0.05, 0) is 0 Å². The van der Waals surface area contributed by atoms with Gasteiger partial charge in [0, 0.05) is 0 Å². The van der Waals surface area contributed by atoms with Gasteiger partial charge in [-0.15, -0.1) is 41.0 Å². The van der Waals surface area contributed by atoms with Crippen molar-refractivity contribution >= 4 is 10.8 Å². The van der Waals surface area contributed by atoms with Gasteiger partial charge in [-0.25, -0.2) is 12.2 Å². The van der Waals surface area contributed by atoms with Crippen LogP contribution >= 0.6 is 0 Å². The van der Waals surface area contributed by atoms with Gasteiger partial charge in [-0.1, -0.05) is 13.0 Å². The quantitative estimate of drug-likeness (QED) is 0.501. The number of hydrogen-bond donors (Lipinski definition) is 0. The molecule has 2 aromatic carbocycles. The van der Waals surface area contributed by atoms with Crippen molar-refractivity contribution in [1.29, 1.82) is 0 Å². The summed E-state index contributed by atoms with van der Waals surface area (Å²) in [5.74, 6) is 0. The van der Waals surface area contributed by atoms with Crippen molar-refractivity contribution in [3.8, 4) is 0 Å². The maximum absolute atomic E-state index is 2.99. The fourth-order valence-electron chi connectivity index (χ4n) is 1.65. The Bertz CT molecular complexity index is 488. The summed E-state index contributed by atoms with van der Waals surface area (Å²) in [6, 6.07) is 12.8. The third-order valence-corrected chi connectivity index (χ3v) is 2.48. The molecule has 1 aliphatic rings. The fraction of sp³-hybridized carbons (Fsp3) is 0.133. The number of allylic oxidation sites excluding steroid dienone is 4. The molecule has 0 spiro atoms. The Labute approximate surface area is 126 Å². The van der Waals surface area contributed by atoms with E-state index in [2.05, 4.69) is 55.5 Å². The summed E-state index contributed by atoms with van der Waals surface area (Å²) in [7, 11) is 0. The van der Waals surface area contributed by atoms with Gasteiger partial charge in [-0.2, -0.15) is 18.2 Å². The van der Waals surface area contributed by atoms with Gasteiger partial charge in [0.2, 0.25) is 0 Å². The number of aryl methyl sites for hydroxylation is 1. The van der Waals surface area contributed by atoms with Crippen molar-refractivity contribution in [2.75, 3.05) is 0 Å². The summed E-state index contributed by atoms with van der Waals surface area (Å²) in [5, 5.41) is 2.72. The molecule has 0 amide bonds. The van der Waals surface area contributed by atoms with Crippen LogP contribution in [0.25, 0.3) is 10.8 Å². The number of fused-ring (bicyclic) bond motifs is 1. The van der Waals surface area contributed by atoms with Crippen molar-refractivity contribution in [2.24, 2.45) is 0 Å². The Morgan fingerprint density at radius 1 is 1.11 bits per heavy atom. The fourth-order valence-corrected chi connectivity index (χ4v) is 1.65. The van der Waals surface area contributed by atoms with E-state index in [9.17, 15) is 0 Å². The molecule has 0 fully saturated rings. The average molecular weight is 323 g/mol. The largest absolute Gasteiger partial charge is 4.00 e. The second-order valence-corrected chi connectivity index (χ2v) is 3.61. The standard InChI is InChI=1S/C10H9.C5H5.2FH.Zr/c1-8-6-7-9-4-2-3-5-10(8)9;1-2-4-5-3-1;;;/h2-7H,1H3;1-3H,4H2;2*1H;/q2*-1;;;+4/p-2. The number of hydrogen-bond acceptors (Lipinski definition) is 0. The van der Waals surface area contributed by atoms with Crippen LogP contribution in [0.15, 0.2) is 54.6 Å². The zero-order valence-electron chi connectivity index (χ0n) is 10.2. The maximum Gasteiger partial charge on any atom is 4.00 e. The van der Waals surface area contributed by atoms with Gasteiger partial charge in [0.05, 0.1) is 0 Å². The second kappa shape index (κ2) is 10.0. The first-order valence-corrected chi connectivity index (χ1v) is 5.21. The van der Waals surface area contributed by atoms with Crippen molar-refractivity contribution in [3.63, 3.8) is 0 Å². The van der Waals surface area contributed by atoms with E-state index in [0.29, 0.717) is 0 Å². The molecule has 0 radical (unpaired) electrons. The van der Waals surface area contributed by atoms with Crippen LogP contribution in [-0.2, 0) is 26.2 Å². The summed E-state index contributed by atoms with van der Waals surface area (Å²) >= 11 is 0. The van der Waals surface area contributed by atoms with Crippen LogP contribution in [0.2, 0.25) is 0 Å². The molecule has 3 heteroatoms. The maximum atomic E-state index is 2.99. The van der Waals surface area contributed by atoms with Crippen LogP contribution in [0.5, 0.6) is 0 Å². The summed E-state index contributed by atoms with van der Waals surface area (Å²) in [5.41, 5.74) is 1.37. The molecule has 1 aliphatic carbocycles. The second-order valence-electron chi connectivity index (χ2n) is 3.61. The first-order chi connectivity index (χ1) is 7.38. The zero-order chi connectivity index (χ0) is 10.5. The van der Waals surface area contributed by atoms with Crippen molar-refractivity contribution < 1.29 is 35.6 Å². The SMILES string of the molecule is C[c-]1ccc2ccccc21.[C-]1=CC=CC1.[F-].[F-].[Zr+4]. The molecule has 3 rings (SSSR count). The molecule has 0 bridgehead atoms. The van der Waals surface area contributed by atoms with E-state index in [4.69, 9.17) is 0 Å². The van der Waals surface area contributed by atoms with E-state index < -0.39 is 0 Å². The van der Waals surface area contributed by atoms with Crippen LogP contribution in [0.1, 0.15) is 12.0 Å². The summed E-state index contributed by atoms with van der Waals surface area (Å²) in [6.45, 7) is 2.14. The molecule has 0 atom stereocenters. The molecular formula is C15H14F2Zr. The monoisotopic (exact) mass is 322 g/mol. The van der Waals surface area contributed by atoms with Gasteiger partial charge in [0.15, 0.2) is 0 Å². The predicted molar refractivity (Wildman–Crippen MR) is 65.8 cm³/mol. The van der Waals surface area contributed by atoms with Crippen LogP contribution in [0.3, 0.4) is 0 Å². The third-order valence-electron chi connectivity index (χ3n) is 2.48. The molecule has 0 N–H and O–H groups in total. The van der Waals surface area contributed by atoms with E-state index in [1.807, 2.05) is 12.2 Å². The normalized spacial score (nSPS) is 10.7. The molecule has 92 valence electrons. The molecule has 0 nitrogen and oxygen atoms in total. The molecule has 0 heterocycles. The predicted octanol–water partition coefficient (Wildman–Crippen LogP) is -1.82. The Hall–Kier alpha value is -0.947. The van der Waals surface area contributed by atoms with Gasteiger partial charge in [-0.3, -0.25) is 6.08 Å². The Morgan fingerprint density at radius 3 is 2.33 bits per heavy atom. The number of halogens is 2. The van der Waals surface area contributed by atoms with Gasteiger partial charge in [0.25, 0.3) is 0 Å². The van der Waals surface area contributed by atoms with E-state index in [1.54, 1.807) is 0 Å². The summed E-state index contributed by atoms with van der Waals surface area (Å²) in [4.78, 5) is 0. The topological polar surface area (TPSA) is 0 Å². The van der Waals surface area contributed by atoms with E-state index in [1.165, 1.54) is 16.3 Å². The molecule has 0 aliphatic heterocycles. The Kier molecular flexibility index (Phi) is 10.8. The Morgan fingerprint density at radius 2 is 1.83 bits per heavy atom. The van der Waals surface area contributed by atoms with Crippen LogP contribution in [0, 0.1) is 13.0 Å². The molecule has 0 aromatic heterocycles. The Balaban J connectivity index is 0. The van der Waals surface area contributed by atoms with Crippen molar-refractivity contribution in [3.05, 3.63) is 66.3 Å². The zero-order valence-corrected chi connectivity index (χ0v) is 12.6. The van der Waals surface area contributed by atoms with E-state index in [-0.39, 0.29) is 35.6 Å². The molecular weight excluding hydrogens is 309 g/mol. The molecule has 2 aromatic rings. The smallest absolute Gasteiger partial charge is 1.00 e. The van der Waals surface area contributed by atoms with Crippen LogP contribution in [-0.4, -0.2) is 0 Å². The van der Waals surface area contributed by atoms with Crippen LogP contribution in [0.4, 0.5) is 0 Å². The third kappa shape index (κ3) is 5.14. The number of rotatable bonds is 0. The van der Waals surface area contributed by atoms with Crippen molar-refractivity contribution in [2.45, 2.75) is 13.3 Å². The summed E-state index contributed by atoms with van der Waals surface area (Å²) < 4.78 is 0. The first kappa shape index (κ1) is 19.4. The van der Waals surface area contributed by atoms with E-state index >= 15 is 0 Å². The number of benzene rings is 1. The first-order valence-electron chi connectivity index (χ1n) is 5.21. The van der Waals surface area contributed by atoms with Crippen molar-refractivity contribution in [1.82, 2.24) is 0 Å². The minimum absolute atomic E-state index is 0. The molecule has 0 saturated heterocycles. The summed E-state index contributed by atoms with van der Waals surface area (Å²) in [6.07, 6.45) is 10.0. The van der Waals surface area contributed by atoms with E-state index in [0.717, 1.165) is 6.42 Å². The minimum atomic E-state index is 0. The molecule has 0 saturated carbocycles.